The molecule has 0 amide bonds. The number of allylic oxidation sites excluding steroid dienone is 2. The van der Waals surface area contributed by atoms with E-state index < -0.39 is 0 Å². The SMILES string of the molecule is CC1=C(C(C)C)SCN1. The summed E-state index contributed by atoms with van der Waals surface area (Å²) in [7, 11) is 0. The first-order valence-corrected chi connectivity index (χ1v) is 4.28. The molecule has 0 aromatic rings. The van der Waals surface area contributed by atoms with Crippen LogP contribution in [0.15, 0.2) is 10.6 Å². The second-order valence-electron chi connectivity index (χ2n) is 2.61. The molecule has 0 bridgehead atoms. The summed E-state index contributed by atoms with van der Waals surface area (Å²) < 4.78 is 0. The van der Waals surface area contributed by atoms with Crippen molar-refractivity contribution in [3.05, 3.63) is 10.6 Å². The van der Waals surface area contributed by atoms with Gasteiger partial charge in [0.1, 0.15) is 0 Å². The van der Waals surface area contributed by atoms with Gasteiger partial charge in [0.25, 0.3) is 0 Å². The summed E-state index contributed by atoms with van der Waals surface area (Å²) >= 11 is 1.93. The molecule has 0 radical (unpaired) electrons. The molecule has 1 nitrogen and oxygen atoms in total. The monoisotopic (exact) mass is 143 g/mol. The van der Waals surface area contributed by atoms with Gasteiger partial charge in [0.2, 0.25) is 0 Å². The summed E-state index contributed by atoms with van der Waals surface area (Å²) in [6.45, 7) is 6.62. The number of thioether (sulfide) groups is 1. The van der Waals surface area contributed by atoms with Crippen LogP contribution < -0.4 is 5.32 Å². The fourth-order valence-corrected chi connectivity index (χ4v) is 2.08. The first-order valence-electron chi connectivity index (χ1n) is 3.29. The zero-order chi connectivity index (χ0) is 6.85. The van der Waals surface area contributed by atoms with Crippen molar-refractivity contribution in [1.29, 1.82) is 0 Å². The predicted octanol–water partition coefficient (Wildman–Crippen LogP) is 2.17. The van der Waals surface area contributed by atoms with Crippen molar-refractivity contribution in [2.75, 3.05) is 5.88 Å². The Labute approximate surface area is 60.9 Å². The molecule has 0 saturated heterocycles. The lowest BCUT2D eigenvalue weighted by Gasteiger charge is -2.03. The first kappa shape index (κ1) is 7.00. The van der Waals surface area contributed by atoms with Crippen LogP contribution in [0.1, 0.15) is 20.8 Å². The summed E-state index contributed by atoms with van der Waals surface area (Å²) in [5, 5.41) is 3.29. The number of nitrogens with one attached hydrogen (secondary N) is 1. The Balaban J connectivity index is 2.66. The lowest BCUT2D eigenvalue weighted by molar-refractivity contribution is 0.797. The average Bonchev–Trinajstić information content (AvgIpc) is 2.13. The third-order valence-corrected chi connectivity index (χ3v) is 2.84. The lowest BCUT2D eigenvalue weighted by atomic mass is 10.2. The van der Waals surface area contributed by atoms with Gasteiger partial charge >= 0.3 is 0 Å². The molecule has 52 valence electrons. The van der Waals surface area contributed by atoms with Gasteiger partial charge in [-0.3, -0.25) is 0 Å². The van der Waals surface area contributed by atoms with E-state index in [1.54, 1.807) is 0 Å². The normalized spacial score (nSPS) is 19.1. The molecule has 0 aromatic heterocycles. The van der Waals surface area contributed by atoms with Gasteiger partial charge in [-0.05, 0) is 12.8 Å². The Morgan fingerprint density at radius 1 is 1.56 bits per heavy atom. The number of rotatable bonds is 1. The van der Waals surface area contributed by atoms with E-state index in [0.29, 0.717) is 5.92 Å². The maximum absolute atomic E-state index is 3.29. The maximum atomic E-state index is 3.29. The van der Waals surface area contributed by atoms with Gasteiger partial charge in [0.15, 0.2) is 0 Å². The van der Waals surface area contributed by atoms with Crippen LogP contribution in [0.4, 0.5) is 0 Å². The molecule has 0 aromatic carbocycles. The van der Waals surface area contributed by atoms with Gasteiger partial charge < -0.3 is 5.32 Å². The first-order chi connectivity index (χ1) is 4.22. The molecule has 1 N–H and O–H groups in total. The van der Waals surface area contributed by atoms with Crippen molar-refractivity contribution in [2.24, 2.45) is 5.92 Å². The summed E-state index contributed by atoms with van der Waals surface area (Å²) in [6.07, 6.45) is 0. The van der Waals surface area contributed by atoms with E-state index in [-0.39, 0.29) is 0 Å². The maximum Gasteiger partial charge on any atom is 0.0651 e. The third kappa shape index (κ3) is 1.42. The highest BCUT2D eigenvalue weighted by atomic mass is 32.2. The topological polar surface area (TPSA) is 12.0 Å². The van der Waals surface area contributed by atoms with E-state index in [0.717, 1.165) is 5.88 Å². The number of hydrogen-bond acceptors (Lipinski definition) is 2. The molecule has 1 rings (SSSR count). The van der Waals surface area contributed by atoms with Crippen LogP contribution in [0.5, 0.6) is 0 Å². The second kappa shape index (κ2) is 2.65. The van der Waals surface area contributed by atoms with Crippen LogP contribution in [0.25, 0.3) is 0 Å². The fourth-order valence-electron chi connectivity index (χ4n) is 1.02. The third-order valence-electron chi connectivity index (χ3n) is 1.46. The minimum atomic E-state index is 0.699. The van der Waals surface area contributed by atoms with E-state index in [4.69, 9.17) is 0 Å². The molecule has 0 unspecified atom stereocenters. The van der Waals surface area contributed by atoms with Crippen LogP contribution >= 0.6 is 11.8 Å². The Hall–Kier alpha value is -0.110. The van der Waals surface area contributed by atoms with Gasteiger partial charge in [-0.1, -0.05) is 13.8 Å². The molecule has 1 aliphatic rings. The lowest BCUT2D eigenvalue weighted by Crippen LogP contribution is -2.03. The van der Waals surface area contributed by atoms with Crippen LogP contribution in [-0.2, 0) is 0 Å². The smallest absolute Gasteiger partial charge is 0.0651 e. The van der Waals surface area contributed by atoms with Crippen molar-refractivity contribution in [3.8, 4) is 0 Å². The van der Waals surface area contributed by atoms with Crippen LogP contribution in [0, 0.1) is 5.92 Å². The standard InChI is InChI=1S/C7H13NS/c1-5(2)7-6(3)8-4-9-7/h5,8H,4H2,1-3H3. The van der Waals surface area contributed by atoms with E-state index in [1.165, 1.54) is 10.6 Å². The summed E-state index contributed by atoms with van der Waals surface area (Å²) in [5.74, 6) is 1.77. The van der Waals surface area contributed by atoms with E-state index in [9.17, 15) is 0 Å². The molecule has 1 aliphatic heterocycles. The highest BCUT2D eigenvalue weighted by Crippen LogP contribution is 2.30. The van der Waals surface area contributed by atoms with Crippen molar-refractivity contribution >= 4 is 11.8 Å². The van der Waals surface area contributed by atoms with E-state index >= 15 is 0 Å². The van der Waals surface area contributed by atoms with Gasteiger partial charge in [-0.25, -0.2) is 0 Å². The second-order valence-corrected chi connectivity index (χ2v) is 3.63. The summed E-state index contributed by atoms with van der Waals surface area (Å²) in [5.41, 5.74) is 1.37. The van der Waals surface area contributed by atoms with Gasteiger partial charge in [-0.2, -0.15) is 0 Å². The predicted molar refractivity (Wildman–Crippen MR) is 43.1 cm³/mol. The van der Waals surface area contributed by atoms with Crippen molar-refractivity contribution in [1.82, 2.24) is 5.32 Å². The van der Waals surface area contributed by atoms with Crippen molar-refractivity contribution in [2.45, 2.75) is 20.8 Å². The van der Waals surface area contributed by atoms with Gasteiger partial charge in [0, 0.05) is 10.6 Å². The van der Waals surface area contributed by atoms with Crippen LogP contribution in [0.2, 0.25) is 0 Å². The highest BCUT2D eigenvalue weighted by Gasteiger charge is 2.12. The van der Waals surface area contributed by atoms with E-state index in [2.05, 4.69) is 26.1 Å². The summed E-state index contributed by atoms with van der Waals surface area (Å²) in [6, 6.07) is 0. The largest absolute Gasteiger partial charge is 0.379 e. The molecule has 0 saturated carbocycles. The Bertz CT molecular complexity index is 138. The molecule has 1 heterocycles. The molecule has 2 heteroatoms. The molecule has 0 atom stereocenters. The molecular formula is C7H13NS. The summed E-state index contributed by atoms with van der Waals surface area (Å²) in [4.78, 5) is 1.52. The molecular weight excluding hydrogens is 130 g/mol. The van der Waals surface area contributed by atoms with Crippen molar-refractivity contribution < 1.29 is 0 Å². The zero-order valence-electron chi connectivity index (χ0n) is 6.19. The van der Waals surface area contributed by atoms with Gasteiger partial charge in [-0.15, -0.1) is 11.8 Å². The fraction of sp³-hybridized carbons (Fsp3) is 0.714. The number of hydrogen-bond donors (Lipinski definition) is 1. The van der Waals surface area contributed by atoms with Crippen LogP contribution in [0.3, 0.4) is 0 Å². The molecule has 9 heavy (non-hydrogen) atoms. The quantitative estimate of drug-likeness (QED) is 0.603. The minimum absolute atomic E-state index is 0.699. The van der Waals surface area contributed by atoms with Gasteiger partial charge in [0.05, 0.1) is 5.88 Å². The molecule has 0 spiro atoms. The molecule has 0 aliphatic carbocycles. The Morgan fingerprint density at radius 3 is 2.44 bits per heavy atom. The molecule has 0 fully saturated rings. The van der Waals surface area contributed by atoms with Crippen LogP contribution in [-0.4, -0.2) is 5.88 Å². The average molecular weight is 143 g/mol. The minimum Gasteiger partial charge on any atom is -0.379 e. The zero-order valence-corrected chi connectivity index (χ0v) is 7.01. The van der Waals surface area contributed by atoms with E-state index in [1.807, 2.05) is 11.8 Å². The Morgan fingerprint density at radius 2 is 2.22 bits per heavy atom. The van der Waals surface area contributed by atoms with Crippen molar-refractivity contribution in [3.63, 3.8) is 0 Å². The highest BCUT2D eigenvalue weighted by molar-refractivity contribution is 8.03. The Kier molecular flexibility index (Phi) is 2.06.